The monoisotopic (exact) mass is 618 g/mol. The van der Waals surface area contributed by atoms with Crippen LogP contribution in [0.25, 0.3) is 0 Å². The number of aliphatic hydroxyl groups is 1. The Labute approximate surface area is 272 Å². The van der Waals surface area contributed by atoms with E-state index in [1.54, 1.807) is 5.57 Å². The molecule has 0 heterocycles. The van der Waals surface area contributed by atoms with Gasteiger partial charge in [-0.05, 0) is 129 Å². The lowest BCUT2D eigenvalue weighted by Gasteiger charge is -2.58. The Morgan fingerprint density at radius 3 is 2.32 bits per heavy atom. The van der Waals surface area contributed by atoms with Crippen molar-refractivity contribution in [3.8, 4) is 0 Å². The average molecular weight is 618 g/mol. The van der Waals surface area contributed by atoms with Gasteiger partial charge in [0.1, 0.15) is 6.23 Å². The van der Waals surface area contributed by atoms with Gasteiger partial charge in [-0.2, -0.15) is 0 Å². The minimum atomic E-state index is -0.416. The van der Waals surface area contributed by atoms with Crippen molar-refractivity contribution in [3.05, 3.63) is 11.6 Å². The van der Waals surface area contributed by atoms with Crippen molar-refractivity contribution >= 4 is 0 Å². The Bertz CT molecular complexity index is 861. The maximum Gasteiger partial charge on any atom is 0.105 e. The SMILES string of the molecule is CCCOCCOCCOCCCNC(O)C[C@@H]1CCC2(C)C(=CCC3C2CCC2(C)C3CCC2[C@H](C)CCCC(C)C)C1. The number of fused-ring (bicyclic) bond motifs is 5. The van der Waals surface area contributed by atoms with Gasteiger partial charge in [0.05, 0.1) is 26.4 Å². The van der Waals surface area contributed by atoms with E-state index in [0.29, 0.717) is 49.8 Å². The van der Waals surface area contributed by atoms with Gasteiger partial charge in [-0.15, -0.1) is 0 Å². The molecule has 3 fully saturated rings. The van der Waals surface area contributed by atoms with Crippen LogP contribution in [-0.2, 0) is 14.2 Å². The molecule has 4 aliphatic carbocycles. The van der Waals surface area contributed by atoms with Crippen molar-refractivity contribution in [1.29, 1.82) is 0 Å². The highest BCUT2D eigenvalue weighted by Crippen LogP contribution is 2.67. The zero-order valence-electron chi connectivity index (χ0n) is 29.7. The molecule has 0 aromatic carbocycles. The molecule has 0 aromatic heterocycles. The summed E-state index contributed by atoms with van der Waals surface area (Å²) in [6.07, 6.45) is 20.3. The first-order valence-electron chi connectivity index (χ1n) is 19.0. The van der Waals surface area contributed by atoms with E-state index in [9.17, 15) is 5.11 Å². The second kappa shape index (κ2) is 17.6. The van der Waals surface area contributed by atoms with E-state index in [4.69, 9.17) is 14.2 Å². The molecule has 256 valence electrons. The normalized spacial score (nSPS) is 34.7. The molecule has 4 aliphatic rings. The molecule has 5 nitrogen and oxygen atoms in total. The lowest BCUT2D eigenvalue weighted by molar-refractivity contribution is -0.0541. The van der Waals surface area contributed by atoms with Crippen molar-refractivity contribution in [2.45, 2.75) is 138 Å². The average Bonchev–Trinajstić information content (AvgIpc) is 3.35. The molecule has 7 unspecified atom stereocenters. The zero-order chi connectivity index (χ0) is 31.6. The fraction of sp³-hybridized carbons (Fsp3) is 0.949. The van der Waals surface area contributed by atoms with Gasteiger partial charge in [0.15, 0.2) is 0 Å². The maximum atomic E-state index is 10.8. The van der Waals surface area contributed by atoms with Gasteiger partial charge in [0.2, 0.25) is 0 Å². The molecule has 0 radical (unpaired) electrons. The zero-order valence-corrected chi connectivity index (χ0v) is 29.7. The third kappa shape index (κ3) is 9.33. The summed E-state index contributed by atoms with van der Waals surface area (Å²) in [5, 5.41) is 14.1. The van der Waals surface area contributed by atoms with Crippen LogP contribution in [0.2, 0.25) is 0 Å². The number of hydrogen-bond donors (Lipinski definition) is 2. The van der Waals surface area contributed by atoms with Crippen LogP contribution in [0.15, 0.2) is 11.6 Å². The fourth-order valence-electron chi connectivity index (χ4n) is 10.5. The third-order valence-electron chi connectivity index (χ3n) is 12.9. The van der Waals surface area contributed by atoms with Crippen molar-refractivity contribution < 1.29 is 19.3 Å². The van der Waals surface area contributed by atoms with Crippen molar-refractivity contribution in [3.63, 3.8) is 0 Å². The van der Waals surface area contributed by atoms with E-state index >= 15 is 0 Å². The number of rotatable bonds is 20. The van der Waals surface area contributed by atoms with Gasteiger partial charge in [0, 0.05) is 13.2 Å². The number of aliphatic hydroxyl groups excluding tert-OH is 1. The Morgan fingerprint density at radius 1 is 0.864 bits per heavy atom. The molecular formula is C39H71NO4. The summed E-state index contributed by atoms with van der Waals surface area (Å²) in [4.78, 5) is 0. The van der Waals surface area contributed by atoms with Crippen LogP contribution in [0.3, 0.4) is 0 Å². The predicted octanol–water partition coefficient (Wildman–Crippen LogP) is 8.79. The lowest BCUT2D eigenvalue weighted by Crippen LogP contribution is -2.50. The van der Waals surface area contributed by atoms with Gasteiger partial charge in [-0.25, -0.2) is 0 Å². The quantitative estimate of drug-likeness (QED) is 0.0812. The molecule has 3 saturated carbocycles. The fourth-order valence-corrected chi connectivity index (χ4v) is 10.5. The summed E-state index contributed by atoms with van der Waals surface area (Å²) >= 11 is 0. The van der Waals surface area contributed by atoms with Crippen molar-refractivity contribution in [2.75, 3.05) is 46.2 Å². The molecule has 4 rings (SSSR count). The van der Waals surface area contributed by atoms with E-state index in [1.807, 2.05) is 0 Å². The second-order valence-electron chi connectivity index (χ2n) is 16.3. The Balaban J connectivity index is 1.16. The number of nitrogens with one attached hydrogen (secondary N) is 1. The lowest BCUT2D eigenvalue weighted by atomic mass is 9.46. The molecule has 44 heavy (non-hydrogen) atoms. The molecular weight excluding hydrogens is 546 g/mol. The van der Waals surface area contributed by atoms with Crippen LogP contribution in [0.4, 0.5) is 0 Å². The highest BCUT2D eigenvalue weighted by molar-refractivity contribution is 5.25. The summed E-state index contributed by atoms with van der Waals surface area (Å²) in [6, 6.07) is 0. The van der Waals surface area contributed by atoms with Crippen LogP contribution in [0, 0.1) is 52.3 Å². The van der Waals surface area contributed by atoms with Crippen LogP contribution in [-0.4, -0.2) is 57.5 Å². The first-order valence-corrected chi connectivity index (χ1v) is 19.0. The smallest absolute Gasteiger partial charge is 0.105 e. The minimum Gasteiger partial charge on any atom is -0.379 e. The number of hydrogen-bond acceptors (Lipinski definition) is 5. The van der Waals surface area contributed by atoms with Gasteiger partial charge >= 0.3 is 0 Å². The highest BCUT2D eigenvalue weighted by Gasteiger charge is 2.59. The largest absolute Gasteiger partial charge is 0.379 e. The summed E-state index contributed by atoms with van der Waals surface area (Å²) in [5.41, 5.74) is 2.70. The van der Waals surface area contributed by atoms with Gasteiger partial charge in [0.25, 0.3) is 0 Å². The third-order valence-corrected chi connectivity index (χ3v) is 12.9. The maximum absolute atomic E-state index is 10.8. The van der Waals surface area contributed by atoms with Gasteiger partial charge in [-0.3, -0.25) is 5.32 Å². The summed E-state index contributed by atoms with van der Waals surface area (Å²) < 4.78 is 16.6. The Hall–Kier alpha value is -0.460. The van der Waals surface area contributed by atoms with E-state index < -0.39 is 6.23 Å². The number of ether oxygens (including phenoxy) is 3. The summed E-state index contributed by atoms with van der Waals surface area (Å²) in [6.45, 7) is 19.6. The highest BCUT2D eigenvalue weighted by atomic mass is 16.5. The van der Waals surface area contributed by atoms with Crippen LogP contribution < -0.4 is 5.32 Å². The molecule has 5 heteroatoms. The Morgan fingerprint density at radius 2 is 1.59 bits per heavy atom. The summed E-state index contributed by atoms with van der Waals surface area (Å²) in [7, 11) is 0. The van der Waals surface area contributed by atoms with Crippen molar-refractivity contribution in [2.24, 2.45) is 52.3 Å². The van der Waals surface area contributed by atoms with E-state index in [2.05, 4.69) is 52.9 Å². The first-order chi connectivity index (χ1) is 21.2. The summed E-state index contributed by atoms with van der Waals surface area (Å²) in [5.74, 6) is 5.95. The van der Waals surface area contributed by atoms with E-state index in [1.165, 1.54) is 70.6 Å². The van der Waals surface area contributed by atoms with E-state index in [0.717, 1.165) is 67.9 Å². The van der Waals surface area contributed by atoms with Gasteiger partial charge in [-0.1, -0.05) is 72.5 Å². The minimum absolute atomic E-state index is 0.393. The number of allylic oxidation sites excluding steroid dienone is 2. The predicted molar refractivity (Wildman–Crippen MR) is 183 cm³/mol. The van der Waals surface area contributed by atoms with Crippen LogP contribution >= 0.6 is 0 Å². The molecule has 9 atom stereocenters. The van der Waals surface area contributed by atoms with Crippen LogP contribution in [0.5, 0.6) is 0 Å². The molecule has 0 spiro atoms. The van der Waals surface area contributed by atoms with Gasteiger partial charge < -0.3 is 19.3 Å². The molecule has 2 N–H and O–H groups in total. The van der Waals surface area contributed by atoms with Crippen LogP contribution in [0.1, 0.15) is 131 Å². The standard InChI is InChI=1S/C39H71NO4/c1-7-21-42-23-25-44-26-24-43-22-9-20-40-37(41)28-31-16-18-38(5)32(27-31)12-13-33-35-15-14-34(30(4)11-8-10-29(2)3)39(35,6)19-17-36(33)38/h12,29-31,33-37,40-41H,7-11,13-28H2,1-6H3/t30-,31-,33?,34?,35?,36?,37?,38?,39?/m1/s1. The molecule has 0 aliphatic heterocycles. The van der Waals surface area contributed by atoms with Crippen molar-refractivity contribution in [1.82, 2.24) is 5.32 Å². The molecule has 0 bridgehead atoms. The molecule has 0 saturated heterocycles. The van der Waals surface area contributed by atoms with E-state index in [-0.39, 0.29) is 0 Å². The second-order valence-corrected chi connectivity index (χ2v) is 16.3. The topological polar surface area (TPSA) is 60.0 Å². The Kier molecular flexibility index (Phi) is 14.6. The molecule has 0 amide bonds. The molecule has 0 aromatic rings. The first kappa shape index (κ1) is 36.4.